The lowest BCUT2D eigenvalue weighted by Gasteiger charge is -2.10. The third-order valence-electron chi connectivity index (χ3n) is 2.71. The van der Waals surface area contributed by atoms with Gasteiger partial charge in [0.2, 0.25) is 0 Å². The molecule has 2 N–H and O–H groups in total. The summed E-state index contributed by atoms with van der Waals surface area (Å²) in [6.07, 6.45) is 0. The summed E-state index contributed by atoms with van der Waals surface area (Å²) in [7, 11) is 0. The molecule has 2 rings (SSSR count). The summed E-state index contributed by atoms with van der Waals surface area (Å²) >= 11 is 1.31. The maximum absolute atomic E-state index is 12.0. The van der Waals surface area contributed by atoms with E-state index < -0.39 is 0 Å². The number of hydrogen-bond acceptors (Lipinski definition) is 4. The Hall–Kier alpha value is -2.34. The van der Waals surface area contributed by atoms with Gasteiger partial charge in [0.1, 0.15) is 5.75 Å². The number of benzene rings is 1. The first-order valence-electron chi connectivity index (χ1n) is 6.93. The maximum atomic E-state index is 12.0. The highest BCUT2D eigenvalue weighted by atomic mass is 32.1. The summed E-state index contributed by atoms with van der Waals surface area (Å²) in [5.41, 5.74) is 5.20. The topological polar surface area (TPSA) is 67.4 Å². The summed E-state index contributed by atoms with van der Waals surface area (Å²) in [6.45, 7) is 4.69. The van der Waals surface area contributed by atoms with Gasteiger partial charge in [-0.05, 0) is 35.6 Å². The van der Waals surface area contributed by atoms with Gasteiger partial charge in [0.15, 0.2) is 0 Å². The third-order valence-corrected chi connectivity index (χ3v) is 3.58. The predicted octanol–water partition coefficient (Wildman–Crippen LogP) is 2.86. The summed E-state index contributed by atoms with van der Waals surface area (Å²) in [4.78, 5) is 24.3. The molecule has 0 bridgehead atoms. The Balaban J connectivity index is 1.92. The third kappa shape index (κ3) is 4.60. The van der Waals surface area contributed by atoms with Gasteiger partial charge in [0.05, 0.1) is 11.5 Å². The first-order valence-corrected chi connectivity index (χ1v) is 7.81. The van der Waals surface area contributed by atoms with Crippen LogP contribution in [0.3, 0.4) is 0 Å². The smallest absolute Gasteiger partial charge is 0.279 e. The van der Waals surface area contributed by atoms with Crippen molar-refractivity contribution < 1.29 is 14.3 Å². The van der Waals surface area contributed by atoms with Crippen LogP contribution in [0.2, 0.25) is 0 Å². The van der Waals surface area contributed by atoms with Crippen LogP contribution < -0.4 is 15.6 Å². The van der Waals surface area contributed by atoms with Crippen molar-refractivity contribution in [2.75, 3.05) is 6.61 Å². The number of carbonyl (C=O) groups excluding carboxylic acids is 2. The number of thiophene rings is 1. The van der Waals surface area contributed by atoms with Crippen LogP contribution in [0.25, 0.3) is 0 Å². The quantitative estimate of drug-likeness (QED) is 0.833. The molecule has 0 atom stereocenters. The van der Waals surface area contributed by atoms with Crippen LogP contribution in [0.15, 0.2) is 41.8 Å². The van der Waals surface area contributed by atoms with Crippen molar-refractivity contribution in [2.24, 2.45) is 5.92 Å². The Morgan fingerprint density at radius 2 is 1.91 bits per heavy atom. The molecule has 2 amide bonds. The second-order valence-corrected chi connectivity index (χ2v) is 6.07. The summed E-state index contributed by atoms with van der Waals surface area (Å²) in [5.74, 6) is 0.309. The fourth-order valence-electron chi connectivity index (χ4n) is 1.65. The molecule has 6 heteroatoms. The molecule has 0 radical (unpaired) electrons. The Kier molecular flexibility index (Phi) is 5.55. The van der Waals surface area contributed by atoms with E-state index in [1.807, 2.05) is 0 Å². The minimum atomic E-state index is -0.389. The molecule has 5 nitrogen and oxygen atoms in total. The lowest BCUT2D eigenvalue weighted by molar-refractivity contribution is 0.0848. The zero-order valence-corrected chi connectivity index (χ0v) is 13.3. The number of carbonyl (C=O) groups is 2. The molecular weight excluding hydrogens is 300 g/mol. The van der Waals surface area contributed by atoms with Crippen molar-refractivity contribution in [3.05, 3.63) is 52.2 Å². The van der Waals surface area contributed by atoms with E-state index in [4.69, 9.17) is 4.74 Å². The van der Waals surface area contributed by atoms with Crippen molar-refractivity contribution in [3.8, 4) is 5.75 Å². The molecule has 0 aliphatic rings. The summed E-state index contributed by atoms with van der Waals surface area (Å²) in [6, 6.07) is 10.3. The zero-order chi connectivity index (χ0) is 15.9. The van der Waals surface area contributed by atoms with E-state index in [1.165, 1.54) is 11.3 Å². The first kappa shape index (κ1) is 16.0. The van der Waals surface area contributed by atoms with Crippen LogP contribution >= 0.6 is 11.3 Å². The van der Waals surface area contributed by atoms with Gasteiger partial charge in [0.25, 0.3) is 11.8 Å². The van der Waals surface area contributed by atoms with E-state index >= 15 is 0 Å². The minimum absolute atomic E-state index is 0.337. The largest absolute Gasteiger partial charge is 0.493 e. The van der Waals surface area contributed by atoms with Crippen molar-refractivity contribution >= 4 is 23.2 Å². The zero-order valence-electron chi connectivity index (χ0n) is 12.5. The fraction of sp³-hybridized carbons (Fsp3) is 0.250. The molecule has 1 heterocycles. The Morgan fingerprint density at radius 1 is 1.14 bits per heavy atom. The van der Waals surface area contributed by atoms with E-state index in [9.17, 15) is 9.59 Å². The van der Waals surface area contributed by atoms with Gasteiger partial charge in [-0.3, -0.25) is 20.4 Å². The van der Waals surface area contributed by atoms with Crippen molar-refractivity contribution in [1.29, 1.82) is 0 Å². The second kappa shape index (κ2) is 7.61. The number of rotatable bonds is 5. The lowest BCUT2D eigenvalue weighted by atomic mass is 10.2. The van der Waals surface area contributed by atoms with Crippen LogP contribution in [0.1, 0.15) is 33.9 Å². The highest BCUT2D eigenvalue weighted by Gasteiger charge is 2.10. The molecule has 0 unspecified atom stereocenters. The molecule has 0 spiro atoms. The fourth-order valence-corrected chi connectivity index (χ4v) is 2.26. The van der Waals surface area contributed by atoms with Gasteiger partial charge in [-0.15, -0.1) is 11.3 Å². The van der Waals surface area contributed by atoms with E-state index in [2.05, 4.69) is 24.7 Å². The average molecular weight is 318 g/mol. The molecule has 0 saturated heterocycles. The Labute approximate surface area is 133 Å². The van der Waals surface area contributed by atoms with Gasteiger partial charge >= 0.3 is 0 Å². The van der Waals surface area contributed by atoms with Crippen LogP contribution in [-0.4, -0.2) is 18.4 Å². The van der Waals surface area contributed by atoms with E-state index in [-0.39, 0.29) is 11.8 Å². The van der Waals surface area contributed by atoms with Gasteiger partial charge in [0, 0.05) is 5.56 Å². The monoisotopic (exact) mass is 318 g/mol. The molecule has 0 aliphatic carbocycles. The van der Waals surface area contributed by atoms with E-state index in [0.717, 1.165) is 0 Å². The van der Waals surface area contributed by atoms with Gasteiger partial charge in [-0.25, -0.2) is 0 Å². The van der Waals surface area contributed by atoms with Crippen molar-refractivity contribution in [3.63, 3.8) is 0 Å². The second-order valence-electron chi connectivity index (χ2n) is 5.12. The van der Waals surface area contributed by atoms with E-state index in [1.54, 1.807) is 41.8 Å². The SMILES string of the molecule is CC(C)COc1cccc(C(=O)NNC(=O)c2cccs2)c1. The average Bonchev–Trinajstić information content (AvgIpc) is 3.05. The van der Waals surface area contributed by atoms with Crippen molar-refractivity contribution in [2.45, 2.75) is 13.8 Å². The molecule has 2 aromatic rings. The highest BCUT2D eigenvalue weighted by molar-refractivity contribution is 7.12. The maximum Gasteiger partial charge on any atom is 0.279 e. The minimum Gasteiger partial charge on any atom is -0.493 e. The molecule has 1 aromatic carbocycles. The highest BCUT2D eigenvalue weighted by Crippen LogP contribution is 2.14. The van der Waals surface area contributed by atoms with Crippen LogP contribution in [0.4, 0.5) is 0 Å². The first-order chi connectivity index (χ1) is 10.6. The standard InChI is InChI=1S/C16H18N2O3S/c1-11(2)10-21-13-6-3-5-12(9-13)15(19)17-18-16(20)14-7-4-8-22-14/h3-9,11H,10H2,1-2H3,(H,17,19)(H,18,20). The molecule has 0 aliphatic heterocycles. The van der Waals surface area contributed by atoms with Gasteiger partial charge in [-0.1, -0.05) is 26.0 Å². The number of ether oxygens (including phenoxy) is 1. The molecule has 22 heavy (non-hydrogen) atoms. The van der Waals surface area contributed by atoms with Gasteiger partial charge < -0.3 is 4.74 Å². The normalized spacial score (nSPS) is 10.3. The number of amides is 2. The van der Waals surface area contributed by atoms with Crippen LogP contribution in [0.5, 0.6) is 5.75 Å². The van der Waals surface area contributed by atoms with Crippen LogP contribution in [0, 0.1) is 5.92 Å². The predicted molar refractivity (Wildman–Crippen MR) is 86.0 cm³/mol. The molecule has 116 valence electrons. The molecular formula is C16H18N2O3S. The summed E-state index contributed by atoms with van der Waals surface area (Å²) < 4.78 is 5.58. The molecule has 0 fully saturated rings. The Morgan fingerprint density at radius 3 is 2.59 bits per heavy atom. The lowest BCUT2D eigenvalue weighted by Crippen LogP contribution is -2.41. The molecule has 0 saturated carbocycles. The molecule has 1 aromatic heterocycles. The number of hydrogen-bond donors (Lipinski definition) is 2. The number of hydrazine groups is 1. The Bertz CT molecular complexity index is 639. The van der Waals surface area contributed by atoms with Crippen molar-refractivity contribution in [1.82, 2.24) is 10.9 Å². The van der Waals surface area contributed by atoms with E-state index in [0.29, 0.717) is 28.7 Å². The number of nitrogens with one attached hydrogen (secondary N) is 2. The summed E-state index contributed by atoms with van der Waals surface area (Å²) in [5, 5.41) is 1.80. The van der Waals surface area contributed by atoms with Gasteiger partial charge in [-0.2, -0.15) is 0 Å². The van der Waals surface area contributed by atoms with Crippen LogP contribution in [-0.2, 0) is 0 Å².